The molecule has 0 fully saturated rings. The molecule has 0 aliphatic heterocycles. The third kappa shape index (κ3) is 6.31. The fraction of sp³-hybridized carbons (Fsp3) is 0.435. The summed E-state index contributed by atoms with van der Waals surface area (Å²) in [6.45, 7) is 9.23. The number of amides is 1. The summed E-state index contributed by atoms with van der Waals surface area (Å²) < 4.78 is 11.3. The third-order valence-electron chi connectivity index (χ3n) is 4.47. The Balaban J connectivity index is 1.95. The molecule has 1 amide bonds. The van der Waals surface area contributed by atoms with E-state index in [1.54, 1.807) is 0 Å². The lowest BCUT2D eigenvalue weighted by molar-refractivity contribution is -0.121. The molecule has 2 rings (SSSR count). The molecule has 0 aromatic heterocycles. The Morgan fingerprint density at radius 1 is 0.963 bits per heavy atom. The van der Waals surface area contributed by atoms with E-state index in [1.807, 2.05) is 32.0 Å². The van der Waals surface area contributed by atoms with E-state index in [0.717, 1.165) is 29.0 Å². The molecule has 2 aromatic carbocycles. The highest BCUT2D eigenvalue weighted by Gasteiger charge is 2.13. The predicted octanol–water partition coefficient (Wildman–Crippen LogP) is 4.99. The van der Waals surface area contributed by atoms with Crippen LogP contribution in [0.2, 0.25) is 0 Å². The van der Waals surface area contributed by atoms with E-state index in [2.05, 4.69) is 43.4 Å². The van der Waals surface area contributed by atoms with Crippen LogP contribution in [0, 0.1) is 6.92 Å². The predicted molar refractivity (Wildman–Crippen MR) is 109 cm³/mol. The Hall–Kier alpha value is -2.49. The molecule has 0 heterocycles. The average molecular weight is 370 g/mol. The fourth-order valence-electron chi connectivity index (χ4n) is 3.00. The minimum atomic E-state index is 0.0532. The molecule has 0 aliphatic rings. The van der Waals surface area contributed by atoms with Crippen LogP contribution < -0.4 is 14.8 Å². The maximum atomic E-state index is 12.4. The molecule has 0 bridgehead atoms. The van der Waals surface area contributed by atoms with Gasteiger partial charge >= 0.3 is 0 Å². The Kier molecular flexibility index (Phi) is 8.18. The van der Waals surface area contributed by atoms with Gasteiger partial charge in [0, 0.05) is 6.42 Å². The summed E-state index contributed by atoms with van der Waals surface area (Å²) >= 11 is 0. The first kappa shape index (κ1) is 20.8. The molecule has 4 heteroatoms. The van der Waals surface area contributed by atoms with E-state index in [0.29, 0.717) is 26.1 Å². The van der Waals surface area contributed by atoms with Gasteiger partial charge in [0.1, 0.15) is 0 Å². The molecule has 0 spiro atoms. The number of hydrogen-bond donors (Lipinski definition) is 1. The molecule has 0 saturated heterocycles. The Bertz CT molecular complexity index is 725. The summed E-state index contributed by atoms with van der Waals surface area (Å²) in [5.41, 5.74) is 3.44. The van der Waals surface area contributed by atoms with Crippen LogP contribution in [0.25, 0.3) is 0 Å². The van der Waals surface area contributed by atoms with Crippen molar-refractivity contribution in [2.24, 2.45) is 0 Å². The highest BCUT2D eigenvalue weighted by molar-refractivity contribution is 5.76. The van der Waals surface area contributed by atoms with Gasteiger partial charge < -0.3 is 14.8 Å². The maximum absolute atomic E-state index is 12.4. The van der Waals surface area contributed by atoms with Crippen molar-refractivity contribution in [3.05, 3.63) is 59.2 Å². The average Bonchev–Trinajstić information content (AvgIpc) is 2.67. The van der Waals surface area contributed by atoms with Crippen molar-refractivity contribution in [1.82, 2.24) is 5.32 Å². The summed E-state index contributed by atoms with van der Waals surface area (Å²) in [5, 5.41) is 3.15. The number of aryl methyl sites for hydroxylation is 2. The van der Waals surface area contributed by atoms with Gasteiger partial charge in [-0.25, -0.2) is 0 Å². The lowest BCUT2D eigenvalue weighted by atomic mass is 10.0. The minimum Gasteiger partial charge on any atom is -0.490 e. The molecule has 0 aliphatic carbocycles. The van der Waals surface area contributed by atoms with E-state index in [1.165, 1.54) is 5.56 Å². The van der Waals surface area contributed by atoms with Crippen LogP contribution in [-0.4, -0.2) is 19.1 Å². The van der Waals surface area contributed by atoms with Crippen molar-refractivity contribution in [2.45, 2.75) is 53.0 Å². The molecule has 2 aromatic rings. The second kappa shape index (κ2) is 10.6. The largest absolute Gasteiger partial charge is 0.490 e. The van der Waals surface area contributed by atoms with Crippen LogP contribution in [0.15, 0.2) is 42.5 Å². The normalized spacial score (nSPS) is 11.7. The third-order valence-corrected chi connectivity index (χ3v) is 4.47. The topological polar surface area (TPSA) is 47.6 Å². The van der Waals surface area contributed by atoms with Crippen molar-refractivity contribution in [3.8, 4) is 11.5 Å². The maximum Gasteiger partial charge on any atom is 0.220 e. The van der Waals surface area contributed by atoms with Crippen molar-refractivity contribution in [2.75, 3.05) is 13.2 Å². The second-order valence-electron chi connectivity index (χ2n) is 6.59. The smallest absolute Gasteiger partial charge is 0.220 e. The zero-order valence-corrected chi connectivity index (χ0v) is 16.9. The summed E-state index contributed by atoms with van der Waals surface area (Å²) in [6, 6.07) is 14.3. The van der Waals surface area contributed by atoms with Crippen molar-refractivity contribution < 1.29 is 14.3 Å². The van der Waals surface area contributed by atoms with Gasteiger partial charge in [-0.15, -0.1) is 0 Å². The van der Waals surface area contributed by atoms with Crippen LogP contribution >= 0.6 is 0 Å². The van der Waals surface area contributed by atoms with Crippen molar-refractivity contribution in [1.29, 1.82) is 0 Å². The van der Waals surface area contributed by atoms with Crippen molar-refractivity contribution >= 4 is 5.91 Å². The van der Waals surface area contributed by atoms with Gasteiger partial charge in [0.05, 0.1) is 19.3 Å². The molecule has 0 saturated carbocycles. The molecule has 27 heavy (non-hydrogen) atoms. The monoisotopic (exact) mass is 369 g/mol. The van der Waals surface area contributed by atoms with Gasteiger partial charge in [-0.1, -0.05) is 42.8 Å². The quantitative estimate of drug-likeness (QED) is 0.642. The first-order valence-corrected chi connectivity index (χ1v) is 9.81. The van der Waals surface area contributed by atoms with Crippen molar-refractivity contribution in [3.63, 3.8) is 0 Å². The SMILES string of the molecule is CCOc1ccc(CCC(=O)N[C@@H](CC)c2ccc(C)cc2)cc1OCC. The summed E-state index contributed by atoms with van der Waals surface area (Å²) in [5.74, 6) is 1.55. The molecule has 4 nitrogen and oxygen atoms in total. The molecular weight excluding hydrogens is 338 g/mol. The van der Waals surface area contributed by atoms with Gasteiger partial charge in [0.25, 0.3) is 0 Å². The van der Waals surface area contributed by atoms with Crippen LogP contribution in [0.5, 0.6) is 11.5 Å². The van der Waals surface area contributed by atoms with Gasteiger partial charge in [0.15, 0.2) is 11.5 Å². The molecule has 0 unspecified atom stereocenters. The van der Waals surface area contributed by atoms with E-state index < -0.39 is 0 Å². The van der Waals surface area contributed by atoms with Gasteiger partial charge in [-0.2, -0.15) is 0 Å². The fourth-order valence-corrected chi connectivity index (χ4v) is 3.00. The molecule has 1 atom stereocenters. The van der Waals surface area contributed by atoms with E-state index >= 15 is 0 Å². The number of carbonyl (C=O) groups excluding carboxylic acids is 1. The number of rotatable bonds is 10. The van der Waals surface area contributed by atoms with Crippen LogP contribution in [0.1, 0.15) is 56.3 Å². The van der Waals surface area contributed by atoms with Crippen LogP contribution in [0.4, 0.5) is 0 Å². The van der Waals surface area contributed by atoms with E-state index in [-0.39, 0.29) is 11.9 Å². The first-order chi connectivity index (χ1) is 13.1. The molecular formula is C23H31NO3. The van der Waals surface area contributed by atoms with Gasteiger partial charge in [0.2, 0.25) is 5.91 Å². The van der Waals surface area contributed by atoms with E-state index in [4.69, 9.17) is 9.47 Å². The zero-order valence-electron chi connectivity index (χ0n) is 16.9. The first-order valence-electron chi connectivity index (χ1n) is 9.81. The van der Waals surface area contributed by atoms with E-state index in [9.17, 15) is 4.79 Å². The number of ether oxygens (including phenoxy) is 2. The Morgan fingerprint density at radius 2 is 1.63 bits per heavy atom. The minimum absolute atomic E-state index is 0.0532. The van der Waals surface area contributed by atoms with Gasteiger partial charge in [-0.3, -0.25) is 4.79 Å². The Labute approximate surface area is 162 Å². The highest BCUT2D eigenvalue weighted by atomic mass is 16.5. The standard InChI is InChI=1S/C23H31NO3/c1-5-20(19-12-8-17(4)9-13-19)24-23(25)15-11-18-10-14-21(26-6-2)22(16-18)27-7-3/h8-10,12-14,16,20H,5-7,11,15H2,1-4H3,(H,24,25)/t20-/m0/s1. The van der Waals surface area contributed by atoms with Crippen LogP contribution in [-0.2, 0) is 11.2 Å². The molecule has 0 radical (unpaired) electrons. The number of hydrogen-bond acceptors (Lipinski definition) is 3. The number of nitrogens with one attached hydrogen (secondary N) is 1. The molecule has 146 valence electrons. The summed E-state index contributed by atoms with van der Waals surface area (Å²) in [7, 11) is 0. The van der Waals surface area contributed by atoms with Crippen LogP contribution in [0.3, 0.4) is 0 Å². The summed E-state index contributed by atoms with van der Waals surface area (Å²) in [4.78, 5) is 12.4. The zero-order chi connectivity index (χ0) is 19.6. The molecule has 1 N–H and O–H groups in total. The summed E-state index contributed by atoms with van der Waals surface area (Å²) in [6.07, 6.45) is 1.98. The lowest BCUT2D eigenvalue weighted by Crippen LogP contribution is -2.28. The number of carbonyl (C=O) groups is 1. The van der Waals surface area contributed by atoms with Gasteiger partial charge in [-0.05, 0) is 56.9 Å². The Morgan fingerprint density at radius 3 is 2.26 bits per heavy atom. The lowest BCUT2D eigenvalue weighted by Gasteiger charge is -2.18. The number of benzene rings is 2. The highest BCUT2D eigenvalue weighted by Crippen LogP contribution is 2.29. The second-order valence-corrected chi connectivity index (χ2v) is 6.59.